The van der Waals surface area contributed by atoms with E-state index in [0.717, 1.165) is 5.56 Å². The summed E-state index contributed by atoms with van der Waals surface area (Å²) >= 11 is 0. The Kier molecular flexibility index (Phi) is 8.85. The van der Waals surface area contributed by atoms with E-state index in [4.69, 9.17) is 5.26 Å². The number of nitriles is 1. The average molecular weight is 359 g/mol. The van der Waals surface area contributed by atoms with Crippen LogP contribution in [0, 0.1) is 17.2 Å². The molecule has 7 nitrogen and oxygen atoms in total. The fourth-order valence-electron chi connectivity index (χ4n) is 2.39. The lowest BCUT2D eigenvalue weighted by Gasteiger charge is -2.18. The van der Waals surface area contributed by atoms with Crippen LogP contribution in [-0.2, 0) is 19.1 Å². The number of rotatable bonds is 9. The van der Waals surface area contributed by atoms with Crippen molar-refractivity contribution in [2.75, 3.05) is 7.11 Å². The number of nitrogens with one attached hydrogen (secondary N) is 2. The molecule has 26 heavy (non-hydrogen) atoms. The van der Waals surface area contributed by atoms with Crippen molar-refractivity contribution in [3.05, 3.63) is 35.9 Å². The molecule has 0 saturated heterocycles. The summed E-state index contributed by atoms with van der Waals surface area (Å²) in [6, 6.07) is 10.5. The smallest absolute Gasteiger partial charge is 0.328 e. The zero-order chi connectivity index (χ0) is 19.5. The molecule has 3 atom stereocenters. The van der Waals surface area contributed by atoms with Gasteiger partial charge in [0.25, 0.3) is 0 Å². The highest BCUT2D eigenvalue weighted by Gasteiger charge is 2.24. The SMILES string of the molecule is COC(=O)[C@H](C[C@@H](C)C#N)NC(=O)CCC(=O)N[C@H](C)c1ccccc1. The molecule has 0 saturated carbocycles. The number of carbonyl (C=O) groups is 3. The first kappa shape index (κ1) is 21.2. The van der Waals surface area contributed by atoms with E-state index in [-0.39, 0.29) is 31.2 Å². The van der Waals surface area contributed by atoms with Crippen molar-refractivity contribution in [2.24, 2.45) is 5.92 Å². The Bertz CT molecular complexity index is 654. The zero-order valence-electron chi connectivity index (χ0n) is 15.3. The highest BCUT2D eigenvalue weighted by atomic mass is 16.5. The maximum absolute atomic E-state index is 12.0. The van der Waals surface area contributed by atoms with Gasteiger partial charge < -0.3 is 15.4 Å². The maximum atomic E-state index is 12.0. The molecule has 0 spiro atoms. The van der Waals surface area contributed by atoms with Crippen LogP contribution < -0.4 is 10.6 Å². The van der Waals surface area contributed by atoms with E-state index in [0.29, 0.717) is 0 Å². The van der Waals surface area contributed by atoms with Crippen LogP contribution in [0.2, 0.25) is 0 Å². The van der Waals surface area contributed by atoms with Crippen molar-refractivity contribution >= 4 is 17.8 Å². The molecule has 0 aliphatic carbocycles. The zero-order valence-corrected chi connectivity index (χ0v) is 15.3. The Morgan fingerprint density at radius 2 is 1.65 bits per heavy atom. The lowest BCUT2D eigenvalue weighted by molar-refractivity contribution is -0.145. The van der Waals surface area contributed by atoms with Crippen LogP contribution in [0.4, 0.5) is 0 Å². The van der Waals surface area contributed by atoms with Crippen LogP contribution in [-0.4, -0.2) is 30.9 Å². The van der Waals surface area contributed by atoms with Gasteiger partial charge in [-0.2, -0.15) is 5.26 Å². The number of carbonyl (C=O) groups excluding carboxylic acids is 3. The molecule has 0 aliphatic rings. The molecule has 2 amide bonds. The van der Waals surface area contributed by atoms with Crippen molar-refractivity contribution in [2.45, 2.75) is 45.2 Å². The lowest BCUT2D eigenvalue weighted by atomic mass is 10.0. The molecule has 0 aromatic heterocycles. The maximum Gasteiger partial charge on any atom is 0.328 e. The second-order valence-electron chi connectivity index (χ2n) is 6.11. The third kappa shape index (κ3) is 7.34. The molecule has 0 bridgehead atoms. The first-order valence-electron chi connectivity index (χ1n) is 8.48. The van der Waals surface area contributed by atoms with Gasteiger partial charge in [0.05, 0.1) is 19.2 Å². The van der Waals surface area contributed by atoms with Gasteiger partial charge in [-0.25, -0.2) is 4.79 Å². The molecule has 0 radical (unpaired) electrons. The fraction of sp³-hybridized carbons (Fsp3) is 0.474. The second kappa shape index (κ2) is 10.9. The predicted molar refractivity (Wildman–Crippen MR) is 95.6 cm³/mol. The number of methoxy groups -OCH3 is 1. The van der Waals surface area contributed by atoms with E-state index in [1.54, 1.807) is 6.92 Å². The summed E-state index contributed by atoms with van der Waals surface area (Å²) in [5.74, 6) is -1.71. The third-order valence-corrected chi connectivity index (χ3v) is 3.89. The van der Waals surface area contributed by atoms with E-state index in [9.17, 15) is 14.4 Å². The number of hydrogen-bond donors (Lipinski definition) is 2. The van der Waals surface area contributed by atoms with Gasteiger partial charge in [0.2, 0.25) is 11.8 Å². The van der Waals surface area contributed by atoms with Crippen molar-refractivity contribution in [3.63, 3.8) is 0 Å². The number of benzene rings is 1. The Hall–Kier alpha value is -2.88. The van der Waals surface area contributed by atoms with E-state index in [2.05, 4.69) is 15.4 Å². The summed E-state index contributed by atoms with van der Waals surface area (Å²) in [6.45, 7) is 3.52. The average Bonchev–Trinajstić information content (AvgIpc) is 2.65. The molecule has 0 aliphatic heterocycles. The number of nitrogens with zero attached hydrogens (tertiary/aromatic N) is 1. The predicted octanol–water partition coefficient (Wildman–Crippen LogP) is 1.85. The fourth-order valence-corrected chi connectivity index (χ4v) is 2.39. The molecule has 1 aromatic rings. The molecular formula is C19H25N3O4. The number of amides is 2. The van der Waals surface area contributed by atoms with Crippen LogP contribution in [0.15, 0.2) is 30.3 Å². The molecule has 1 rings (SSSR count). The summed E-state index contributed by atoms with van der Waals surface area (Å²) < 4.78 is 4.64. The Morgan fingerprint density at radius 1 is 1.08 bits per heavy atom. The molecular weight excluding hydrogens is 334 g/mol. The van der Waals surface area contributed by atoms with Gasteiger partial charge in [0, 0.05) is 18.8 Å². The molecule has 7 heteroatoms. The molecule has 140 valence electrons. The van der Waals surface area contributed by atoms with Crippen LogP contribution in [0.3, 0.4) is 0 Å². The van der Waals surface area contributed by atoms with Crippen LogP contribution in [0.25, 0.3) is 0 Å². The second-order valence-corrected chi connectivity index (χ2v) is 6.11. The van der Waals surface area contributed by atoms with Gasteiger partial charge in [0.15, 0.2) is 0 Å². The van der Waals surface area contributed by atoms with Gasteiger partial charge in [-0.1, -0.05) is 30.3 Å². The molecule has 2 N–H and O–H groups in total. The summed E-state index contributed by atoms with van der Waals surface area (Å²) in [4.78, 5) is 35.7. The van der Waals surface area contributed by atoms with Gasteiger partial charge in [-0.3, -0.25) is 9.59 Å². The van der Waals surface area contributed by atoms with Crippen LogP contribution in [0.1, 0.15) is 44.7 Å². The highest BCUT2D eigenvalue weighted by Crippen LogP contribution is 2.11. The van der Waals surface area contributed by atoms with Crippen molar-refractivity contribution < 1.29 is 19.1 Å². The molecule has 0 heterocycles. The number of hydrogen-bond acceptors (Lipinski definition) is 5. The van der Waals surface area contributed by atoms with E-state index in [1.807, 2.05) is 43.3 Å². The van der Waals surface area contributed by atoms with Gasteiger partial charge in [0.1, 0.15) is 6.04 Å². The van der Waals surface area contributed by atoms with Gasteiger partial charge in [-0.05, 0) is 25.8 Å². The van der Waals surface area contributed by atoms with Crippen LogP contribution in [0.5, 0.6) is 0 Å². The topological polar surface area (TPSA) is 108 Å². The van der Waals surface area contributed by atoms with Gasteiger partial charge >= 0.3 is 5.97 Å². The number of ether oxygens (including phenoxy) is 1. The van der Waals surface area contributed by atoms with E-state index in [1.165, 1.54) is 7.11 Å². The third-order valence-electron chi connectivity index (χ3n) is 3.89. The standard InChI is InChI=1S/C19H25N3O4/c1-13(12-20)11-16(19(25)26-3)22-18(24)10-9-17(23)21-14(2)15-7-5-4-6-8-15/h4-8,13-14,16H,9-11H2,1-3H3,(H,21,23)(H,22,24)/t13-,14-,16+/m1/s1. The highest BCUT2D eigenvalue weighted by molar-refractivity contribution is 5.87. The lowest BCUT2D eigenvalue weighted by Crippen LogP contribution is -2.42. The van der Waals surface area contributed by atoms with E-state index < -0.39 is 23.8 Å². The van der Waals surface area contributed by atoms with Crippen molar-refractivity contribution in [1.82, 2.24) is 10.6 Å². The van der Waals surface area contributed by atoms with Crippen molar-refractivity contribution in [1.29, 1.82) is 5.26 Å². The van der Waals surface area contributed by atoms with Crippen molar-refractivity contribution in [3.8, 4) is 6.07 Å². The summed E-state index contributed by atoms with van der Waals surface area (Å²) in [6.07, 6.45) is 0.110. The number of esters is 1. The minimum atomic E-state index is -0.895. The Labute approximate surface area is 153 Å². The first-order valence-corrected chi connectivity index (χ1v) is 8.48. The largest absolute Gasteiger partial charge is 0.467 e. The quantitative estimate of drug-likeness (QED) is 0.654. The minimum Gasteiger partial charge on any atom is -0.467 e. The Balaban J connectivity index is 2.47. The van der Waals surface area contributed by atoms with Crippen LogP contribution >= 0.6 is 0 Å². The summed E-state index contributed by atoms with van der Waals surface area (Å²) in [5, 5.41) is 14.2. The monoisotopic (exact) mass is 359 g/mol. The summed E-state index contributed by atoms with van der Waals surface area (Å²) in [7, 11) is 1.22. The molecule has 0 unspecified atom stereocenters. The summed E-state index contributed by atoms with van der Waals surface area (Å²) in [5.41, 5.74) is 0.974. The Morgan fingerprint density at radius 3 is 2.19 bits per heavy atom. The minimum absolute atomic E-state index is 0.00467. The van der Waals surface area contributed by atoms with E-state index >= 15 is 0 Å². The molecule has 1 aromatic carbocycles. The van der Waals surface area contributed by atoms with Gasteiger partial charge in [-0.15, -0.1) is 0 Å². The molecule has 0 fully saturated rings. The normalized spacial score (nSPS) is 13.6. The first-order chi connectivity index (χ1) is 12.4.